The average Bonchev–Trinajstić information content (AvgIpc) is 2.89. The van der Waals surface area contributed by atoms with E-state index in [1.807, 2.05) is 44.2 Å². The van der Waals surface area contributed by atoms with Gasteiger partial charge in [-0.05, 0) is 64.3 Å². The molecule has 0 aliphatic heterocycles. The van der Waals surface area contributed by atoms with Crippen molar-refractivity contribution in [2.24, 2.45) is 0 Å². The van der Waals surface area contributed by atoms with Crippen LogP contribution in [0.25, 0.3) is 0 Å². The Labute approximate surface area is 143 Å². The van der Waals surface area contributed by atoms with Gasteiger partial charge in [-0.25, -0.2) is 0 Å². The van der Waals surface area contributed by atoms with E-state index in [0.717, 1.165) is 23.4 Å². The van der Waals surface area contributed by atoms with Crippen LogP contribution in [0.5, 0.6) is 0 Å². The summed E-state index contributed by atoms with van der Waals surface area (Å²) in [6.07, 6.45) is 2.09. The largest absolute Gasteiger partial charge is 0.390 e. The quantitative estimate of drug-likeness (QED) is 0.731. The van der Waals surface area contributed by atoms with Crippen molar-refractivity contribution in [3.05, 3.63) is 52.8 Å². The molecule has 130 valence electrons. The molecule has 2 rings (SSSR count). The van der Waals surface area contributed by atoms with Crippen LogP contribution in [0, 0.1) is 6.92 Å². The lowest BCUT2D eigenvalue weighted by Crippen LogP contribution is -2.34. The van der Waals surface area contributed by atoms with Gasteiger partial charge in [-0.2, -0.15) is 5.10 Å². The Morgan fingerprint density at radius 3 is 2.75 bits per heavy atom. The summed E-state index contributed by atoms with van der Waals surface area (Å²) in [5, 5.41) is 19.9. The summed E-state index contributed by atoms with van der Waals surface area (Å²) in [6, 6.07) is 9.57. The van der Waals surface area contributed by atoms with Crippen LogP contribution in [0.15, 0.2) is 30.3 Å². The zero-order valence-electron chi connectivity index (χ0n) is 14.9. The predicted molar refractivity (Wildman–Crippen MR) is 95.0 cm³/mol. The van der Waals surface area contributed by atoms with Crippen LogP contribution in [-0.2, 0) is 12.8 Å². The molecule has 5 heteroatoms. The number of hydrogen-bond donors (Lipinski definition) is 3. The second kappa shape index (κ2) is 7.62. The third-order valence-corrected chi connectivity index (χ3v) is 3.87. The molecular weight excluding hydrogens is 302 g/mol. The van der Waals surface area contributed by atoms with Crippen molar-refractivity contribution in [2.75, 3.05) is 0 Å². The number of nitrogens with one attached hydrogen (secondary N) is 2. The van der Waals surface area contributed by atoms with Gasteiger partial charge < -0.3 is 10.4 Å². The molecule has 0 saturated carbocycles. The van der Waals surface area contributed by atoms with Crippen molar-refractivity contribution in [1.82, 2.24) is 15.5 Å². The van der Waals surface area contributed by atoms with Gasteiger partial charge in [0.05, 0.1) is 11.3 Å². The molecule has 0 spiro atoms. The van der Waals surface area contributed by atoms with Crippen molar-refractivity contribution < 1.29 is 9.90 Å². The summed E-state index contributed by atoms with van der Waals surface area (Å²) >= 11 is 0. The number of H-pyrrole nitrogens is 1. The molecule has 5 nitrogen and oxygen atoms in total. The lowest BCUT2D eigenvalue weighted by Gasteiger charge is -2.17. The average molecular weight is 329 g/mol. The minimum Gasteiger partial charge on any atom is -0.390 e. The Hall–Kier alpha value is -2.14. The summed E-state index contributed by atoms with van der Waals surface area (Å²) in [6.45, 7) is 7.52. The van der Waals surface area contributed by atoms with E-state index in [4.69, 9.17) is 0 Å². The molecule has 0 fully saturated rings. The van der Waals surface area contributed by atoms with Crippen molar-refractivity contribution in [2.45, 2.75) is 58.6 Å². The number of aliphatic hydroxyl groups is 1. The molecule has 0 radical (unpaired) electrons. The number of aromatic nitrogens is 2. The number of hydrogen-bond acceptors (Lipinski definition) is 3. The zero-order chi connectivity index (χ0) is 17.7. The Morgan fingerprint density at radius 2 is 2.12 bits per heavy atom. The van der Waals surface area contributed by atoms with Crippen LogP contribution in [0.2, 0.25) is 0 Å². The molecule has 1 aromatic heterocycles. The van der Waals surface area contributed by atoms with E-state index in [9.17, 15) is 9.90 Å². The van der Waals surface area contributed by atoms with Gasteiger partial charge in [-0.1, -0.05) is 12.1 Å². The molecular formula is C19H27N3O2. The number of amides is 1. The van der Waals surface area contributed by atoms with Crippen molar-refractivity contribution in [3.8, 4) is 0 Å². The number of aromatic amines is 1. The number of rotatable bonds is 7. The minimum atomic E-state index is -0.700. The third-order valence-electron chi connectivity index (χ3n) is 3.87. The zero-order valence-corrected chi connectivity index (χ0v) is 14.9. The fraction of sp³-hybridized carbons (Fsp3) is 0.474. The van der Waals surface area contributed by atoms with E-state index >= 15 is 0 Å². The Morgan fingerprint density at radius 1 is 1.38 bits per heavy atom. The van der Waals surface area contributed by atoms with Crippen molar-refractivity contribution in [1.29, 1.82) is 0 Å². The fourth-order valence-corrected chi connectivity index (χ4v) is 2.57. The van der Waals surface area contributed by atoms with E-state index < -0.39 is 5.60 Å². The molecule has 1 unspecified atom stereocenters. The van der Waals surface area contributed by atoms with Crippen LogP contribution in [0.3, 0.4) is 0 Å². The highest BCUT2D eigenvalue weighted by molar-refractivity contribution is 5.94. The Balaban J connectivity index is 1.94. The van der Waals surface area contributed by atoms with Crippen LogP contribution in [0.1, 0.15) is 54.5 Å². The van der Waals surface area contributed by atoms with Crippen molar-refractivity contribution in [3.63, 3.8) is 0 Å². The fourth-order valence-electron chi connectivity index (χ4n) is 2.57. The smallest absolute Gasteiger partial charge is 0.251 e. The highest BCUT2D eigenvalue weighted by Crippen LogP contribution is 2.14. The molecule has 1 heterocycles. The number of carbonyl (C=O) groups excluding carboxylic acids is 1. The molecule has 1 amide bonds. The lowest BCUT2D eigenvalue weighted by atomic mass is 9.98. The van der Waals surface area contributed by atoms with E-state index in [1.54, 1.807) is 13.8 Å². The first-order valence-corrected chi connectivity index (χ1v) is 8.36. The van der Waals surface area contributed by atoms with E-state index in [2.05, 4.69) is 15.5 Å². The molecule has 2 aromatic rings. The molecule has 1 atom stereocenters. The van der Waals surface area contributed by atoms with Crippen molar-refractivity contribution >= 4 is 5.91 Å². The van der Waals surface area contributed by atoms with Gasteiger partial charge in [0, 0.05) is 23.7 Å². The standard InChI is InChI=1S/C19H27N3O2/c1-13(10-17-11-14(2)21-22-17)20-18(23)16-7-5-6-15(12-16)8-9-19(3,4)24/h5-7,11-13,24H,8-10H2,1-4H3,(H,20,23)(H,21,22). The maximum Gasteiger partial charge on any atom is 0.251 e. The van der Waals surface area contributed by atoms with Gasteiger partial charge >= 0.3 is 0 Å². The third kappa shape index (κ3) is 5.81. The molecule has 0 aliphatic carbocycles. The first kappa shape index (κ1) is 18.2. The number of carbonyl (C=O) groups is 1. The van der Waals surface area contributed by atoms with Gasteiger partial charge in [-0.15, -0.1) is 0 Å². The van der Waals surface area contributed by atoms with Crippen LogP contribution in [-0.4, -0.2) is 32.9 Å². The van der Waals surface area contributed by atoms with E-state index in [-0.39, 0.29) is 11.9 Å². The summed E-state index contributed by atoms with van der Waals surface area (Å²) in [4.78, 5) is 12.4. The molecule has 0 aliphatic rings. The first-order valence-electron chi connectivity index (χ1n) is 8.36. The van der Waals surface area contributed by atoms with Gasteiger partial charge in [0.2, 0.25) is 0 Å². The second-order valence-corrected chi connectivity index (χ2v) is 7.13. The Kier molecular flexibility index (Phi) is 5.78. The van der Waals surface area contributed by atoms with Gasteiger partial charge in [-0.3, -0.25) is 9.89 Å². The summed E-state index contributed by atoms with van der Waals surface area (Å²) in [5.74, 6) is -0.0835. The van der Waals surface area contributed by atoms with Crippen LogP contribution in [0.4, 0.5) is 0 Å². The molecule has 3 N–H and O–H groups in total. The molecule has 0 saturated heterocycles. The second-order valence-electron chi connectivity index (χ2n) is 7.13. The van der Waals surface area contributed by atoms with Crippen LogP contribution >= 0.6 is 0 Å². The highest BCUT2D eigenvalue weighted by Gasteiger charge is 2.14. The summed E-state index contributed by atoms with van der Waals surface area (Å²) < 4.78 is 0. The van der Waals surface area contributed by atoms with Gasteiger partial charge in [0.25, 0.3) is 5.91 Å². The number of aryl methyl sites for hydroxylation is 2. The van der Waals surface area contributed by atoms with E-state index in [0.29, 0.717) is 18.4 Å². The normalized spacial score (nSPS) is 12.9. The summed E-state index contributed by atoms with van der Waals surface area (Å²) in [7, 11) is 0. The van der Waals surface area contributed by atoms with E-state index in [1.165, 1.54) is 0 Å². The maximum atomic E-state index is 12.4. The molecule has 0 bridgehead atoms. The maximum absolute atomic E-state index is 12.4. The lowest BCUT2D eigenvalue weighted by molar-refractivity contribution is 0.0714. The SMILES string of the molecule is Cc1cc(CC(C)NC(=O)c2cccc(CCC(C)(C)O)c2)n[nH]1. The first-order chi connectivity index (χ1) is 11.2. The highest BCUT2D eigenvalue weighted by atomic mass is 16.3. The molecule has 24 heavy (non-hydrogen) atoms. The molecule has 1 aromatic carbocycles. The number of benzene rings is 1. The Bertz CT molecular complexity index is 686. The monoisotopic (exact) mass is 329 g/mol. The minimum absolute atomic E-state index is 0.000214. The predicted octanol–water partition coefficient (Wildman–Crippen LogP) is 2.78. The van der Waals surface area contributed by atoms with Crippen LogP contribution < -0.4 is 5.32 Å². The topological polar surface area (TPSA) is 78.0 Å². The number of nitrogens with zero attached hydrogens (tertiary/aromatic N) is 1. The van der Waals surface area contributed by atoms with Gasteiger partial charge in [0.1, 0.15) is 0 Å². The summed E-state index contributed by atoms with van der Waals surface area (Å²) in [5.41, 5.74) is 2.96. The van der Waals surface area contributed by atoms with Gasteiger partial charge in [0.15, 0.2) is 0 Å².